The van der Waals surface area contributed by atoms with Crippen LogP contribution < -0.4 is 0 Å². The molecule has 0 amide bonds. The lowest BCUT2D eigenvalue weighted by Crippen LogP contribution is -1.83. The highest BCUT2D eigenvalue weighted by Crippen LogP contribution is 2.21. The van der Waals surface area contributed by atoms with Gasteiger partial charge in [-0.1, -0.05) is 12.1 Å². The summed E-state index contributed by atoms with van der Waals surface area (Å²) in [7, 11) is 0. The molecule has 0 aliphatic carbocycles. The van der Waals surface area contributed by atoms with E-state index in [-0.39, 0.29) is 0 Å². The molecule has 0 aliphatic heterocycles. The summed E-state index contributed by atoms with van der Waals surface area (Å²) in [5.41, 5.74) is 4.69. The molecule has 3 aromatic rings. The molecule has 2 heterocycles. The van der Waals surface area contributed by atoms with Crippen LogP contribution in [-0.2, 0) is 0 Å². The van der Waals surface area contributed by atoms with Crippen molar-refractivity contribution in [2.75, 3.05) is 0 Å². The lowest BCUT2D eigenvalue weighted by molar-refractivity contribution is 1.11. The summed E-state index contributed by atoms with van der Waals surface area (Å²) in [5.74, 6) is 0.737. The molecule has 0 unspecified atom stereocenters. The summed E-state index contributed by atoms with van der Waals surface area (Å²) in [4.78, 5) is 8.72. The molecule has 3 heteroatoms. The van der Waals surface area contributed by atoms with Crippen molar-refractivity contribution in [2.24, 2.45) is 0 Å². The van der Waals surface area contributed by atoms with Gasteiger partial charge in [-0.25, -0.2) is 9.97 Å². The second kappa shape index (κ2) is 3.70. The van der Waals surface area contributed by atoms with E-state index in [9.17, 15) is 0 Å². The second-order valence-electron chi connectivity index (χ2n) is 4.25. The van der Waals surface area contributed by atoms with E-state index in [1.807, 2.05) is 22.9 Å². The van der Waals surface area contributed by atoms with Crippen molar-refractivity contribution in [3.05, 3.63) is 54.0 Å². The molecule has 0 aliphatic rings. The zero-order chi connectivity index (χ0) is 11.8. The van der Waals surface area contributed by atoms with Gasteiger partial charge in [-0.2, -0.15) is 0 Å². The number of imidazole rings is 1. The Morgan fingerprint density at radius 3 is 2.76 bits per heavy atom. The fraction of sp³-hybridized carbons (Fsp3) is 0.143. The Bertz CT molecular complexity index is 650. The van der Waals surface area contributed by atoms with Crippen LogP contribution in [0.25, 0.3) is 17.0 Å². The normalized spacial score (nSPS) is 10.9. The van der Waals surface area contributed by atoms with Crippen LogP contribution in [0.15, 0.2) is 42.9 Å². The lowest BCUT2D eigenvalue weighted by atomic mass is 10.1. The zero-order valence-corrected chi connectivity index (χ0v) is 9.88. The van der Waals surface area contributed by atoms with Crippen molar-refractivity contribution in [1.82, 2.24) is 14.4 Å². The molecule has 0 fully saturated rings. The molecule has 3 nitrogen and oxygen atoms in total. The molecular formula is C14H13N3. The molecule has 2 aromatic heterocycles. The van der Waals surface area contributed by atoms with E-state index >= 15 is 0 Å². The minimum atomic E-state index is 0.737. The predicted molar refractivity (Wildman–Crippen MR) is 67.9 cm³/mol. The standard InChI is InChI=1S/C14H13N3/c1-10-4-5-12(8-11(10)2)13-9-17-7-3-6-15-14(17)16-13/h3-9H,1-2H3. The molecule has 0 saturated heterocycles. The highest BCUT2D eigenvalue weighted by molar-refractivity contribution is 5.62. The first-order valence-electron chi connectivity index (χ1n) is 5.61. The van der Waals surface area contributed by atoms with Crippen LogP contribution in [0.3, 0.4) is 0 Å². The van der Waals surface area contributed by atoms with Crippen molar-refractivity contribution >= 4 is 5.78 Å². The van der Waals surface area contributed by atoms with Gasteiger partial charge in [0, 0.05) is 24.2 Å². The highest BCUT2D eigenvalue weighted by atomic mass is 15.1. The molecule has 0 radical (unpaired) electrons. The van der Waals surface area contributed by atoms with E-state index < -0.39 is 0 Å². The summed E-state index contributed by atoms with van der Waals surface area (Å²) in [6, 6.07) is 8.29. The quantitative estimate of drug-likeness (QED) is 0.634. The van der Waals surface area contributed by atoms with Crippen LogP contribution in [0, 0.1) is 13.8 Å². The van der Waals surface area contributed by atoms with Crippen LogP contribution in [0.1, 0.15) is 11.1 Å². The third-order valence-electron chi connectivity index (χ3n) is 3.04. The number of nitrogens with zero attached hydrogens (tertiary/aromatic N) is 3. The van der Waals surface area contributed by atoms with E-state index in [2.05, 4.69) is 42.0 Å². The van der Waals surface area contributed by atoms with E-state index in [0.717, 1.165) is 17.0 Å². The van der Waals surface area contributed by atoms with Crippen molar-refractivity contribution in [1.29, 1.82) is 0 Å². The van der Waals surface area contributed by atoms with E-state index in [4.69, 9.17) is 0 Å². The first-order chi connectivity index (χ1) is 8.24. The summed E-state index contributed by atoms with van der Waals surface area (Å²) < 4.78 is 1.94. The van der Waals surface area contributed by atoms with Gasteiger partial charge < -0.3 is 0 Å². The zero-order valence-electron chi connectivity index (χ0n) is 9.88. The van der Waals surface area contributed by atoms with Gasteiger partial charge in [0.05, 0.1) is 5.69 Å². The van der Waals surface area contributed by atoms with E-state index in [1.165, 1.54) is 11.1 Å². The molecule has 84 valence electrons. The Morgan fingerprint density at radius 1 is 1.12 bits per heavy atom. The Labute approximate surface area is 99.8 Å². The predicted octanol–water partition coefficient (Wildman–Crippen LogP) is 3.01. The first-order valence-corrected chi connectivity index (χ1v) is 5.61. The molecule has 0 bridgehead atoms. The van der Waals surface area contributed by atoms with Gasteiger partial charge >= 0.3 is 0 Å². The van der Waals surface area contributed by atoms with Crippen molar-refractivity contribution in [2.45, 2.75) is 13.8 Å². The van der Waals surface area contributed by atoms with E-state index in [1.54, 1.807) is 6.20 Å². The van der Waals surface area contributed by atoms with Crippen molar-refractivity contribution in [3.8, 4) is 11.3 Å². The minimum Gasteiger partial charge on any atom is -0.291 e. The average molecular weight is 223 g/mol. The summed E-state index contributed by atoms with van der Waals surface area (Å²) >= 11 is 0. The fourth-order valence-corrected chi connectivity index (χ4v) is 1.87. The number of hydrogen-bond donors (Lipinski definition) is 0. The number of rotatable bonds is 1. The number of aryl methyl sites for hydroxylation is 2. The SMILES string of the molecule is Cc1ccc(-c2cn3cccnc3n2)cc1C. The maximum atomic E-state index is 4.51. The third-order valence-corrected chi connectivity index (χ3v) is 3.04. The maximum Gasteiger partial charge on any atom is 0.234 e. The molecular weight excluding hydrogens is 210 g/mol. The van der Waals surface area contributed by atoms with Gasteiger partial charge in [0.1, 0.15) is 0 Å². The molecule has 3 rings (SSSR count). The van der Waals surface area contributed by atoms with Gasteiger partial charge in [-0.15, -0.1) is 0 Å². The number of hydrogen-bond acceptors (Lipinski definition) is 2. The van der Waals surface area contributed by atoms with Crippen LogP contribution in [-0.4, -0.2) is 14.4 Å². The Kier molecular flexibility index (Phi) is 2.18. The number of fused-ring (bicyclic) bond motifs is 1. The van der Waals surface area contributed by atoms with E-state index in [0.29, 0.717) is 0 Å². The van der Waals surface area contributed by atoms with Crippen molar-refractivity contribution < 1.29 is 0 Å². The van der Waals surface area contributed by atoms with Crippen LogP contribution >= 0.6 is 0 Å². The number of aromatic nitrogens is 3. The maximum absolute atomic E-state index is 4.51. The fourth-order valence-electron chi connectivity index (χ4n) is 1.87. The van der Waals surface area contributed by atoms with Crippen LogP contribution in [0.5, 0.6) is 0 Å². The smallest absolute Gasteiger partial charge is 0.234 e. The topological polar surface area (TPSA) is 30.2 Å². The van der Waals surface area contributed by atoms with Crippen molar-refractivity contribution in [3.63, 3.8) is 0 Å². The molecule has 0 saturated carbocycles. The second-order valence-corrected chi connectivity index (χ2v) is 4.25. The first kappa shape index (κ1) is 10.0. The number of benzene rings is 1. The Hall–Kier alpha value is -2.16. The van der Waals surface area contributed by atoms with Crippen LogP contribution in [0.2, 0.25) is 0 Å². The molecule has 0 atom stereocenters. The molecule has 17 heavy (non-hydrogen) atoms. The molecule has 1 aromatic carbocycles. The monoisotopic (exact) mass is 223 g/mol. The highest BCUT2D eigenvalue weighted by Gasteiger charge is 2.05. The molecule has 0 spiro atoms. The lowest BCUT2D eigenvalue weighted by Gasteiger charge is -2.01. The average Bonchev–Trinajstić information content (AvgIpc) is 2.76. The summed E-state index contributed by atoms with van der Waals surface area (Å²) in [6.07, 6.45) is 5.72. The van der Waals surface area contributed by atoms with Gasteiger partial charge in [0.25, 0.3) is 0 Å². The van der Waals surface area contributed by atoms with Gasteiger partial charge in [-0.3, -0.25) is 4.40 Å². The largest absolute Gasteiger partial charge is 0.291 e. The summed E-state index contributed by atoms with van der Waals surface area (Å²) in [5, 5.41) is 0. The summed E-state index contributed by atoms with van der Waals surface area (Å²) in [6.45, 7) is 4.23. The van der Waals surface area contributed by atoms with Gasteiger partial charge in [-0.05, 0) is 37.1 Å². The van der Waals surface area contributed by atoms with Crippen LogP contribution in [0.4, 0.5) is 0 Å². The van der Waals surface area contributed by atoms with Gasteiger partial charge in [0.15, 0.2) is 0 Å². The molecule has 0 N–H and O–H groups in total. The Morgan fingerprint density at radius 2 is 2.00 bits per heavy atom. The third kappa shape index (κ3) is 1.69. The Balaban J connectivity index is 2.17. The van der Waals surface area contributed by atoms with Gasteiger partial charge in [0.2, 0.25) is 5.78 Å². The minimum absolute atomic E-state index is 0.737.